The number of furan rings is 1. The summed E-state index contributed by atoms with van der Waals surface area (Å²) in [5.74, 6) is -2.99. The van der Waals surface area contributed by atoms with Crippen molar-refractivity contribution in [2.45, 2.75) is 84.2 Å². The van der Waals surface area contributed by atoms with E-state index in [1.54, 1.807) is 18.6 Å². The highest BCUT2D eigenvalue weighted by atomic mass is 16.6. The van der Waals surface area contributed by atoms with E-state index >= 15 is 0 Å². The smallest absolute Gasteiger partial charge is 0.305 e. The second-order valence-electron chi connectivity index (χ2n) is 12.7. The Labute approximate surface area is 234 Å². The van der Waals surface area contributed by atoms with Crippen molar-refractivity contribution in [1.29, 1.82) is 0 Å². The van der Waals surface area contributed by atoms with Gasteiger partial charge in [0, 0.05) is 36.5 Å². The number of ether oxygens (including phenoxy) is 4. The summed E-state index contributed by atoms with van der Waals surface area (Å²) in [5.41, 5.74) is -1.98. The molecule has 2 saturated carbocycles. The van der Waals surface area contributed by atoms with Crippen LogP contribution in [0.5, 0.6) is 0 Å². The van der Waals surface area contributed by atoms with Crippen LogP contribution in [0.4, 0.5) is 0 Å². The number of carbonyl (C=O) groups is 4. The van der Waals surface area contributed by atoms with Crippen LogP contribution in [0.25, 0.3) is 0 Å². The molecule has 9 atom stereocenters. The van der Waals surface area contributed by atoms with Crippen LogP contribution in [-0.4, -0.2) is 54.7 Å². The number of methoxy groups -OCH3 is 1. The quantitative estimate of drug-likeness (QED) is 0.219. The van der Waals surface area contributed by atoms with Crippen LogP contribution in [0.2, 0.25) is 0 Å². The molecule has 3 fully saturated rings. The van der Waals surface area contributed by atoms with Gasteiger partial charge in [0.05, 0.1) is 37.6 Å². The van der Waals surface area contributed by atoms with Crippen LogP contribution in [0.3, 0.4) is 0 Å². The summed E-state index contributed by atoms with van der Waals surface area (Å²) in [4.78, 5) is 51.2. The van der Waals surface area contributed by atoms with Crippen LogP contribution >= 0.6 is 0 Å². The van der Waals surface area contributed by atoms with Gasteiger partial charge in [0.2, 0.25) is 0 Å². The molecule has 9 nitrogen and oxygen atoms in total. The largest absolute Gasteiger partial charge is 0.472 e. The molecule has 1 spiro atoms. The van der Waals surface area contributed by atoms with Crippen molar-refractivity contribution in [2.24, 2.45) is 28.1 Å². The van der Waals surface area contributed by atoms with Gasteiger partial charge in [-0.3, -0.25) is 19.2 Å². The van der Waals surface area contributed by atoms with Gasteiger partial charge in [-0.05, 0) is 35.6 Å². The molecule has 0 bridgehead atoms. The van der Waals surface area contributed by atoms with Crippen molar-refractivity contribution in [3.05, 3.63) is 48.5 Å². The van der Waals surface area contributed by atoms with E-state index in [0.29, 0.717) is 12.0 Å². The molecule has 5 rings (SSSR count). The molecule has 2 heterocycles. The van der Waals surface area contributed by atoms with Crippen LogP contribution < -0.4 is 0 Å². The summed E-state index contributed by atoms with van der Waals surface area (Å²) in [6.45, 7) is 14.8. The third-order valence-electron chi connectivity index (χ3n) is 10.4. The van der Waals surface area contributed by atoms with Gasteiger partial charge in [-0.15, -0.1) is 0 Å². The maximum atomic E-state index is 13.1. The second-order valence-corrected chi connectivity index (χ2v) is 12.7. The average molecular weight is 555 g/mol. The molecular weight excluding hydrogens is 516 g/mol. The number of epoxide rings is 1. The molecule has 216 valence electrons. The van der Waals surface area contributed by atoms with Gasteiger partial charge in [-0.25, -0.2) is 0 Å². The summed E-state index contributed by atoms with van der Waals surface area (Å²) < 4.78 is 29.2. The van der Waals surface area contributed by atoms with Gasteiger partial charge in [0.1, 0.15) is 17.8 Å². The summed E-state index contributed by atoms with van der Waals surface area (Å²) in [5, 5.41) is 0. The summed E-state index contributed by atoms with van der Waals surface area (Å²) in [6, 6.07) is 1.89. The van der Waals surface area contributed by atoms with Gasteiger partial charge in [0.25, 0.3) is 0 Å². The highest BCUT2D eigenvalue weighted by Gasteiger charge is 2.84. The number of carbonyl (C=O) groups excluding carboxylic acids is 4. The van der Waals surface area contributed by atoms with Crippen molar-refractivity contribution in [3.63, 3.8) is 0 Å². The highest BCUT2D eigenvalue weighted by molar-refractivity contribution is 5.96. The van der Waals surface area contributed by atoms with E-state index in [0.717, 1.165) is 5.56 Å². The zero-order valence-corrected chi connectivity index (χ0v) is 24.1. The van der Waals surface area contributed by atoms with Crippen molar-refractivity contribution >= 4 is 23.7 Å². The minimum Gasteiger partial charge on any atom is -0.472 e. The van der Waals surface area contributed by atoms with Crippen molar-refractivity contribution < 1.29 is 42.5 Å². The van der Waals surface area contributed by atoms with Crippen molar-refractivity contribution in [2.75, 3.05) is 7.11 Å². The van der Waals surface area contributed by atoms with Gasteiger partial charge < -0.3 is 23.4 Å². The van der Waals surface area contributed by atoms with Crippen LogP contribution in [0.15, 0.2) is 47.3 Å². The number of ketones is 1. The Kier molecular flexibility index (Phi) is 6.49. The lowest BCUT2D eigenvalue weighted by molar-refractivity contribution is -0.206. The predicted molar refractivity (Wildman–Crippen MR) is 142 cm³/mol. The molecule has 3 aliphatic carbocycles. The lowest BCUT2D eigenvalue weighted by Crippen LogP contribution is -2.66. The SMILES string of the molecule is C=C1[C@@H]([C@@]2(C)C=CC(=O)C(C)(C)[C@H]2CC(=O)OC)[C@H](OC(C)=O)[C@H](OC(C)=O)[C@@]2(C)[C@H](c3ccoc3)C[C@H]3O[C@]132. The molecule has 1 aromatic heterocycles. The van der Waals surface area contributed by atoms with Crippen LogP contribution in [-0.2, 0) is 38.1 Å². The maximum absolute atomic E-state index is 13.1. The minimum atomic E-state index is -0.972. The first-order valence-corrected chi connectivity index (χ1v) is 13.7. The number of rotatable bonds is 6. The first-order chi connectivity index (χ1) is 18.7. The number of allylic oxidation sites excluding steroid dienone is 2. The molecule has 1 saturated heterocycles. The summed E-state index contributed by atoms with van der Waals surface area (Å²) in [7, 11) is 1.31. The van der Waals surface area contributed by atoms with E-state index in [1.165, 1.54) is 27.0 Å². The predicted octanol–water partition coefficient (Wildman–Crippen LogP) is 4.31. The molecule has 9 heteroatoms. The Balaban J connectivity index is 1.73. The van der Waals surface area contributed by atoms with Gasteiger partial charge >= 0.3 is 17.9 Å². The number of hydrogen-bond donors (Lipinski definition) is 0. The van der Waals surface area contributed by atoms with E-state index in [2.05, 4.69) is 6.58 Å². The molecule has 1 aliphatic heterocycles. The van der Waals surface area contributed by atoms with Gasteiger partial charge in [-0.2, -0.15) is 0 Å². The monoisotopic (exact) mass is 554 g/mol. The maximum Gasteiger partial charge on any atom is 0.305 e. The number of hydrogen-bond acceptors (Lipinski definition) is 9. The molecule has 0 unspecified atom stereocenters. The number of esters is 3. The van der Waals surface area contributed by atoms with Crippen molar-refractivity contribution in [3.8, 4) is 0 Å². The standard InChI is InChI=1S/C31H38O9/c1-16-25(29(6)11-9-22(34)28(4,5)21(29)14-24(35)36-8)26(38-17(2)32)27(39-18(3)33)30(7)20(19-10-12-37-15-19)13-23-31(16,30)40-23/h9-12,15,20-21,23,25-27H,1,13-14H2,2-8H3/t20-,21+,23+,25+,26-,27-,29-,30+,31+/m0/s1. The second kappa shape index (κ2) is 9.16. The zero-order valence-electron chi connectivity index (χ0n) is 24.1. The third-order valence-corrected chi connectivity index (χ3v) is 10.4. The normalized spacial score (nSPS) is 41.1. The van der Waals surface area contributed by atoms with Gasteiger partial charge in [0.15, 0.2) is 5.78 Å². The first-order valence-electron chi connectivity index (χ1n) is 13.7. The van der Waals surface area contributed by atoms with E-state index in [4.69, 9.17) is 23.4 Å². The molecule has 0 amide bonds. The molecule has 0 aromatic carbocycles. The average Bonchev–Trinajstić information content (AvgIpc) is 3.22. The summed E-state index contributed by atoms with van der Waals surface area (Å²) in [6.07, 6.45) is 5.12. The fourth-order valence-corrected chi connectivity index (χ4v) is 8.53. The Morgan fingerprint density at radius 2 is 1.77 bits per heavy atom. The molecular formula is C31H38O9. The van der Waals surface area contributed by atoms with Crippen LogP contribution in [0, 0.1) is 28.1 Å². The van der Waals surface area contributed by atoms with E-state index < -0.39 is 63.8 Å². The third kappa shape index (κ3) is 3.69. The van der Waals surface area contributed by atoms with Crippen LogP contribution in [0.1, 0.15) is 65.9 Å². The van der Waals surface area contributed by atoms with Gasteiger partial charge in [-0.1, -0.05) is 40.3 Å². The lowest BCUT2D eigenvalue weighted by atomic mass is 9.46. The topological polar surface area (TPSA) is 122 Å². The fraction of sp³-hybridized carbons (Fsp3) is 0.613. The lowest BCUT2D eigenvalue weighted by Gasteiger charge is -2.59. The molecule has 1 aromatic rings. The molecule has 40 heavy (non-hydrogen) atoms. The fourth-order valence-electron chi connectivity index (χ4n) is 8.53. The Morgan fingerprint density at radius 3 is 2.35 bits per heavy atom. The minimum absolute atomic E-state index is 0.0446. The van der Waals surface area contributed by atoms with Crippen molar-refractivity contribution in [1.82, 2.24) is 0 Å². The summed E-state index contributed by atoms with van der Waals surface area (Å²) >= 11 is 0. The molecule has 4 aliphatic rings. The Morgan fingerprint density at radius 1 is 1.10 bits per heavy atom. The van der Waals surface area contributed by atoms with E-state index in [-0.39, 0.29) is 24.2 Å². The Bertz CT molecular complexity index is 1290. The highest BCUT2D eigenvalue weighted by Crippen LogP contribution is 2.76. The first kappa shape index (κ1) is 28.3. The molecule has 0 radical (unpaired) electrons. The van der Waals surface area contributed by atoms with E-state index in [9.17, 15) is 19.2 Å². The Hall–Kier alpha value is -3.20. The van der Waals surface area contributed by atoms with E-state index in [1.807, 2.05) is 33.8 Å². The molecule has 0 N–H and O–H groups in total. The zero-order chi connectivity index (χ0) is 29.4.